The fraction of sp³-hybridized carbons (Fsp3) is 0.0667. The van der Waals surface area contributed by atoms with Crippen molar-refractivity contribution >= 4 is 50.4 Å². The molecule has 0 aliphatic heterocycles. The highest BCUT2D eigenvalue weighted by Crippen LogP contribution is 2.39. The number of hydrogen-bond donors (Lipinski definition) is 3. The summed E-state index contributed by atoms with van der Waals surface area (Å²) in [5.41, 5.74) is 0.698. The first-order valence-electron chi connectivity index (χ1n) is 6.82. The fourth-order valence-corrected chi connectivity index (χ4v) is 2.75. The number of nitrogens with zero attached hydrogens (tertiary/aromatic N) is 2. The summed E-state index contributed by atoms with van der Waals surface area (Å²) >= 11 is 9.02. The van der Waals surface area contributed by atoms with E-state index >= 15 is 0 Å². The Bertz CT molecular complexity index is 987. The molecule has 25 heavy (non-hydrogen) atoms. The Morgan fingerprint density at radius 2 is 1.96 bits per heavy atom. The third-order valence-electron chi connectivity index (χ3n) is 3.28. The lowest BCUT2D eigenvalue weighted by Crippen LogP contribution is -2.30. The number of aromatic hydroxyl groups is 1. The lowest BCUT2D eigenvalue weighted by atomic mass is 10.1. The van der Waals surface area contributed by atoms with Gasteiger partial charge >= 0.3 is 5.97 Å². The lowest BCUT2D eigenvalue weighted by molar-refractivity contribution is -0.135. The molecule has 0 aliphatic rings. The van der Waals surface area contributed by atoms with Gasteiger partial charge in [-0.3, -0.25) is 9.59 Å². The molecule has 0 fully saturated rings. The van der Waals surface area contributed by atoms with Gasteiger partial charge in [0.15, 0.2) is 16.0 Å². The number of carbonyl (C=O) groups excluding carboxylic acids is 1. The van der Waals surface area contributed by atoms with Crippen LogP contribution in [0.25, 0.3) is 22.2 Å². The molecule has 0 atom stereocenters. The van der Waals surface area contributed by atoms with Crippen LogP contribution in [0.5, 0.6) is 5.75 Å². The Hall–Kier alpha value is -2.65. The summed E-state index contributed by atoms with van der Waals surface area (Å²) in [6.07, 6.45) is 0. The molecule has 0 saturated carbocycles. The number of amides is 1. The largest absolute Gasteiger partial charge is 0.505 e. The van der Waals surface area contributed by atoms with E-state index in [-0.39, 0.29) is 21.3 Å². The van der Waals surface area contributed by atoms with E-state index in [1.165, 1.54) is 0 Å². The summed E-state index contributed by atoms with van der Waals surface area (Å²) in [5.74, 6) is -2.53. The Kier molecular flexibility index (Phi) is 4.60. The number of pyridine rings is 1. The number of benzene rings is 1. The van der Waals surface area contributed by atoms with E-state index in [1.54, 1.807) is 24.3 Å². The zero-order valence-electron chi connectivity index (χ0n) is 12.3. The predicted octanol–water partition coefficient (Wildman–Crippen LogP) is 2.83. The minimum atomic E-state index is -1.22. The molecule has 2 aromatic heterocycles. The molecule has 1 aromatic carbocycles. The van der Waals surface area contributed by atoms with Gasteiger partial charge in [0, 0.05) is 10.6 Å². The van der Waals surface area contributed by atoms with Crippen molar-refractivity contribution in [3.8, 4) is 17.0 Å². The van der Waals surface area contributed by atoms with Gasteiger partial charge in [-0.1, -0.05) is 28.9 Å². The molecule has 128 valence electrons. The topological polar surface area (TPSA) is 126 Å². The second-order valence-electron chi connectivity index (χ2n) is 4.92. The van der Waals surface area contributed by atoms with Gasteiger partial charge in [-0.2, -0.15) is 0 Å². The van der Waals surface area contributed by atoms with Crippen LogP contribution in [0.1, 0.15) is 10.5 Å². The average Bonchev–Trinajstić information content (AvgIpc) is 3.02. The Balaban J connectivity index is 2.14. The first-order valence-corrected chi connectivity index (χ1v) is 7.99. The maximum Gasteiger partial charge on any atom is 0.322 e. The predicted molar refractivity (Wildman–Crippen MR) is 91.6 cm³/mol. The number of carboxylic acid groups (broad SMARTS) is 1. The summed E-state index contributed by atoms with van der Waals surface area (Å²) in [4.78, 5) is 26.6. The first-order chi connectivity index (χ1) is 11.9. The van der Waals surface area contributed by atoms with Gasteiger partial charge in [0.05, 0.1) is 5.39 Å². The van der Waals surface area contributed by atoms with Crippen molar-refractivity contribution in [1.82, 2.24) is 15.5 Å². The number of rotatable bonds is 4. The molecule has 0 bridgehead atoms. The summed E-state index contributed by atoms with van der Waals surface area (Å²) < 4.78 is 5.35. The highest BCUT2D eigenvalue weighted by atomic mass is 79.9. The van der Waals surface area contributed by atoms with Crippen LogP contribution < -0.4 is 5.32 Å². The Labute approximate surface area is 153 Å². The van der Waals surface area contributed by atoms with E-state index in [0.29, 0.717) is 16.3 Å². The SMILES string of the molecule is O=C(O)CNC(=O)c1nc(Br)c2onc(-c3ccc(Cl)cc3)c2c1O. The molecule has 8 nitrogen and oxygen atoms in total. The zero-order valence-corrected chi connectivity index (χ0v) is 14.6. The van der Waals surface area contributed by atoms with Gasteiger partial charge in [-0.15, -0.1) is 0 Å². The summed E-state index contributed by atoms with van der Waals surface area (Å²) in [6.45, 7) is -0.608. The molecule has 2 heterocycles. The van der Waals surface area contributed by atoms with Crippen LogP contribution in [0.3, 0.4) is 0 Å². The van der Waals surface area contributed by atoms with Crippen LogP contribution >= 0.6 is 27.5 Å². The van der Waals surface area contributed by atoms with Crippen molar-refractivity contribution < 1.29 is 24.3 Å². The molecule has 0 spiro atoms. The van der Waals surface area contributed by atoms with Crippen molar-refractivity contribution in [3.05, 3.63) is 39.6 Å². The van der Waals surface area contributed by atoms with Gasteiger partial charge in [-0.25, -0.2) is 4.98 Å². The zero-order chi connectivity index (χ0) is 18.1. The number of carbonyl (C=O) groups is 2. The van der Waals surface area contributed by atoms with E-state index in [2.05, 4.69) is 31.4 Å². The van der Waals surface area contributed by atoms with Crippen LogP contribution in [-0.4, -0.2) is 38.8 Å². The first kappa shape index (κ1) is 17.2. The molecular formula is C15H9BrClN3O5. The molecule has 3 N–H and O–H groups in total. The minimum absolute atomic E-state index is 0.147. The normalized spacial score (nSPS) is 10.8. The monoisotopic (exact) mass is 425 g/mol. The van der Waals surface area contributed by atoms with Gasteiger partial charge in [0.2, 0.25) is 5.58 Å². The van der Waals surface area contributed by atoms with Crippen LogP contribution in [0.4, 0.5) is 0 Å². The number of nitrogens with one attached hydrogen (secondary N) is 1. The molecule has 0 unspecified atom stereocenters. The van der Waals surface area contributed by atoms with E-state index in [4.69, 9.17) is 21.2 Å². The maximum atomic E-state index is 12.1. The van der Waals surface area contributed by atoms with E-state index in [0.717, 1.165) is 0 Å². The molecule has 3 rings (SSSR count). The molecule has 3 aromatic rings. The maximum absolute atomic E-state index is 12.1. The number of halogens is 2. The van der Waals surface area contributed by atoms with Crippen molar-refractivity contribution in [2.75, 3.05) is 6.54 Å². The molecule has 10 heteroatoms. The molecular weight excluding hydrogens is 418 g/mol. The van der Waals surface area contributed by atoms with Crippen LogP contribution in [-0.2, 0) is 4.79 Å². The van der Waals surface area contributed by atoms with Gasteiger partial charge in [0.1, 0.15) is 12.2 Å². The smallest absolute Gasteiger partial charge is 0.322 e. The number of aliphatic carboxylic acids is 1. The fourth-order valence-electron chi connectivity index (χ4n) is 2.17. The molecule has 0 saturated heterocycles. The summed E-state index contributed by atoms with van der Waals surface area (Å²) in [7, 11) is 0. The molecule has 0 aliphatic carbocycles. The Morgan fingerprint density at radius 1 is 1.28 bits per heavy atom. The standard InChI is InChI=1S/C15H9BrClN3O5/c16-14-13-9(10(20-25-13)6-1-3-7(17)4-2-6)12(23)11(19-14)15(24)18-5-8(21)22/h1-4,23H,5H2,(H,18,24)(H,21,22). The van der Waals surface area contributed by atoms with Gasteiger partial charge in [0.25, 0.3) is 5.91 Å². The van der Waals surface area contributed by atoms with Crippen LogP contribution in [0.2, 0.25) is 5.02 Å². The van der Waals surface area contributed by atoms with E-state index in [9.17, 15) is 14.7 Å². The van der Waals surface area contributed by atoms with Gasteiger partial charge < -0.3 is 20.1 Å². The highest BCUT2D eigenvalue weighted by molar-refractivity contribution is 9.10. The second kappa shape index (κ2) is 6.69. The van der Waals surface area contributed by atoms with E-state index < -0.39 is 24.2 Å². The van der Waals surface area contributed by atoms with Crippen molar-refractivity contribution in [1.29, 1.82) is 0 Å². The van der Waals surface area contributed by atoms with Crippen molar-refractivity contribution in [3.63, 3.8) is 0 Å². The van der Waals surface area contributed by atoms with Gasteiger partial charge in [-0.05, 0) is 28.1 Å². The quantitative estimate of drug-likeness (QED) is 0.548. The number of hydrogen-bond acceptors (Lipinski definition) is 6. The highest BCUT2D eigenvalue weighted by Gasteiger charge is 2.25. The minimum Gasteiger partial charge on any atom is -0.505 e. The number of aromatic nitrogens is 2. The summed E-state index contributed by atoms with van der Waals surface area (Å²) in [6, 6.07) is 6.64. The van der Waals surface area contributed by atoms with Crippen LogP contribution in [0, 0.1) is 0 Å². The van der Waals surface area contributed by atoms with Crippen LogP contribution in [0.15, 0.2) is 33.4 Å². The summed E-state index contributed by atoms with van der Waals surface area (Å²) in [5, 5.41) is 25.9. The Morgan fingerprint density at radius 3 is 2.60 bits per heavy atom. The number of carboxylic acids is 1. The van der Waals surface area contributed by atoms with E-state index in [1.807, 2.05) is 0 Å². The van der Waals surface area contributed by atoms with Crippen molar-refractivity contribution in [2.24, 2.45) is 0 Å². The number of fused-ring (bicyclic) bond motifs is 1. The molecule has 0 radical (unpaired) electrons. The molecule has 1 amide bonds. The third kappa shape index (κ3) is 3.28. The average molecular weight is 427 g/mol. The third-order valence-corrected chi connectivity index (χ3v) is 4.07. The lowest BCUT2D eigenvalue weighted by Gasteiger charge is -2.06. The second-order valence-corrected chi connectivity index (χ2v) is 6.11. The van der Waals surface area contributed by atoms with Crippen molar-refractivity contribution in [2.45, 2.75) is 0 Å².